The van der Waals surface area contributed by atoms with E-state index in [1.165, 1.54) is 6.07 Å². The van der Waals surface area contributed by atoms with Crippen molar-refractivity contribution in [3.8, 4) is 0 Å². The van der Waals surface area contributed by atoms with Gasteiger partial charge in [0, 0.05) is 29.7 Å². The summed E-state index contributed by atoms with van der Waals surface area (Å²) in [7, 11) is -4.15. The van der Waals surface area contributed by atoms with E-state index in [9.17, 15) is 13.2 Å². The second-order valence-corrected chi connectivity index (χ2v) is 12.3. The summed E-state index contributed by atoms with van der Waals surface area (Å²) in [6.45, 7) is 12.0. The lowest BCUT2D eigenvalue weighted by Gasteiger charge is -2.34. The molecule has 186 valence electrons. The number of sulfonamides is 1. The van der Waals surface area contributed by atoms with Gasteiger partial charge in [-0.15, -0.1) is 12.4 Å². The first kappa shape index (κ1) is 26.2. The number of fused-ring (bicyclic) bond motifs is 6. The van der Waals surface area contributed by atoms with Gasteiger partial charge in [0.15, 0.2) is 5.03 Å². The first-order valence-electron chi connectivity index (χ1n) is 11.4. The van der Waals surface area contributed by atoms with Gasteiger partial charge in [0.1, 0.15) is 11.6 Å². The summed E-state index contributed by atoms with van der Waals surface area (Å²) in [5.74, 6) is 0.765. The minimum absolute atomic E-state index is 0. The number of aromatic nitrogens is 2. The number of nitrogens with one attached hydrogen (secondary N) is 2. The number of hydrogen-bond acceptors (Lipinski definition) is 7. The summed E-state index contributed by atoms with van der Waals surface area (Å²) in [6.07, 6.45) is 2.93. The molecule has 2 aromatic heterocycles. The third kappa shape index (κ3) is 5.30. The maximum atomic E-state index is 13.3. The Morgan fingerprint density at radius 2 is 1.85 bits per heavy atom. The summed E-state index contributed by atoms with van der Waals surface area (Å²) in [5.41, 5.74) is 0.684. The second kappa shape index (κ2) is 9.34. The summed E-state index contributed by atoms with van der Waals surface area (Å²) < 4.78 is 28.2. The molecule has 2 aliphatic rings. The quantitative estimate of drug-likeness (QED) is 0.552. The van der Waals surface area contributed by atoms with Gasteiger partial charge < -0.3 is 10.2 Å². The number of amides is 1. The molecule has 1 atom stereocenters. The van der Waals surface area contributed by atoms with Crippen LogP contribution in [0.1, 0.15) is 69.9 Å². The van der Waals surface area contributed by atoms with Crippen molar-refractivity contribution in [2.45, 2.75) is 69.9 Å². The number of anilines is 2. The fourth-order valence-corrected chi connectivity index (χ4v) is 5.64. The average molecular weight is 508 g/mol. The Balaban J connectivity index is 0.00000324. The first-order chi connectivity index (χ1) is 15.4. The molecule has 1 fully saturated rings. The van der Waals surface area contributed by atoms with Gasteiger partial charge in [0.05, 0.1) is 5.56 Å². The van der Waals surface area contributed by atoms with Crippen LogP contribution in [0.2, 0.25) is 0 Å². The Morgan fingerprint density at radius 3 is 2.56 bits per heavy atom. The third-order valence-electron chi connectivity index (χ3n) is 6.42. The first-order valence-corrected chi connectivity index (χ1v) is 12.9. The zero-order valence-electron chi connectivity index (χ0n) is 20.4. The molecule has 10 heteroatoms. The predicted octanol–water partition coefficient (Wildman–Crippen LogP) is 4.13. The van der Waals surface area contributed by atoms with Gasteiger partial charge in [-0.3, -0.25) is 4.79 Å². The highest BCUT2D eigenvalue weighted by Crippen LogP contribution is 2.40. The number of rotatable bonds is 0. The standard InChI is InChI=1S/C24H33N5O3S.ClH/c1-23(2,3)18-12-11-17-21(26-18)29-15-16(14-24(29,4)5)8-7-13-25-19-9-6-10-20(27-19)33(31,32)28-22(17)30;/h6,9-12,16H,7-8,13-15H2,1-5H3,(H,25,27)(H,28,30);1H/t16-;/m0./s1. The van der Waals surface area contributed by atoms with E-state index in [1.807, 2.05) is 6.07 Å². The molecule has 4 heterocycles. The lowest BCUT2D eigenvalue weighted by Crippen LogP contribution is -2.41. The van der Waals surface area contributed by atoms with Crippen LogP contribution in [0.4, 0.5) is 11.6 Å². The predicted molar refractivity (Wildman–Crippen MR) is 136 cm³/mol. The highest BCUT2D eigenvalue weighted by atomic mass is 35.5. The molecule has 0 spiro atoms. The smallest absolute Gasteiger partial charge is 0.281 e. The number of carbonyl (C=O) groups is 1. The zero-order valence-corrected chi connectivity index (χ0v) is 22.0. The minimum Gasteiger partial charge on any atom is -0.370 e. The Hall–Kier alpha value is -2.39. The fraction of sp³-hybridized carbons (Fsp3) is 0.542. The SMILES string of the molecule is CC(C)(C)c1ccc2c(n1)N1C[C@@H](CCCNc3cccc(n3)S(=O)(=O)NC2=O)CC1(C)C.Cl. The molecular weight excluding hydrogens is 474 g/mol. The van der Waals surface area contributed by atoms with Gasteiger partial charge in [-0.1, -0.05) is 26.8 Å². The Kier molecular flexibility index (Phi) is 7.20. The van der Waals surface area contributed by atoms with Gasteiger partial charge in [-0.05, 0) is 63.3 Å². The molecular formula is C24H34ClN5O3S. The van der Waals surface area contributed by atoms with Crippen molar-refractivity contribution >= 4 is 40.0 Å². The van der Waals surface area contributed by atoms with E-state index in [0.717, 1.165) is 31.5 Å². The molecule has 4 rings (SSSR count). The molecule has 2 aromatic rings. The summed E-state index contributed by atoms with van der Waals surface area (Å²) >= 11 is 0. The Morgan fingerprint density at radius 1 is 1.12 bits per heavy atom. The highest BCUT2D eigenvalue weighted by molar-refractivity contribution is 7.90. The normalized spacial score (nSPS) is 21.7. The van der Waals surface area contributed by atoms with E-state index in [1.54, 1.807) is 18.2 Å². The molecule has 0 saturated carbocycles. The van der Waals surface area contributed by atoms with E-state index in [-0.39, 0.29) is 34.0 Å². The van der Waals surface area contributed by atoms with Crippen LogP contribution < -0.4 is 14.9 Å². The minimum atomic E-state index is -4.15. The number of pyridine rings is 2. The molecule has 1 saturated heterocycles. The number of halogens is 1. The van der Waals surface area contributed by atoms with Crippen LogP contribution >= 0.6 is 12.4 Å². The lowest BCUT2D eigenvalue weighted by molar-refractivity contribution is 0.0981. The summed E-state index contributed by atoms with van der Waals surface area (Å²) in [6, 6.07) is 8.23. The lowest BCUT2D eigenvalue weighted by atomic mass is 9.91. The molecule has 4 bridgehead atoms. The van der Waals surface area contributed by atoms with Crippen LogP contribution in [-0.2, 0) is 15.4 Å². The maximum Gasteiger partial charge on any atom is 0.281 e. The van der Waals surface area contributed by atoms with Crippen molar-refractivity contribution in [1.29, 1.82) is 0 Å². The van der Waals surface area contributed by atoms with Crippen molar-refractivity contribution in [3.05, 3.63) is 41.6 Å². The van der Waals surface area contributed by atoms with Crippen LogP contribution in [0.3, 0.4) is 0 Å². The van der Waals surface area contributed by atoms with Gasteiger partial charge in [-0.25, -0.2) is 14.7 Å². The number of hydrogen-bond donors (Lipinski definition) is 2. The van der Waals surface area contributed by atoms with Crippen molar-refractivity contribution in [1.82, 2.24) is 14.7 Å². The molecule has 0 aliphatic carbocycles. The molecule has 0 unspecified atom stereocenters. The summed E-state index contributed by atoms with van der Waals surface area (Å²) in [4.78, 5) is 24.6. The molecule has 1 amide bonds. The van der Waals surface area contributed by atoms with Crippen LogP contribution in [0, 0.1) is 5.92 Å². The second-order valence-electron chi connectivity index (χ2n) is 10.7. The van der Waals surface area contributed by atoms with Crippen molar-refractivity contribution in [2.75, 3.05) is 23.3 Å². The number of carbonyl (C=O) groups excluding carboxylic acids is 1. The van der Waals surface area contributed by atoms with Gasteiger partial charge in [0.2, 0.25) is 0 Å². The van der Waals surface area contributed by atoms with E-state index < -0.39 is 15.9 Å². The third-order valence-corrected chi connectivity index (χ3v) is 7.66. The van der Waals surface area contributed by atoms with Crippen LogP contribution in [0.5, 0.6) is 0 Å². The van der Waals surface area contributed by atoms with Crippen molar-refractivity contribution < 1.29 is 13.2 Å². The molecule has 2 aliphatic heterocycles. The molecule has 2 N–H and O–H groups in total. The van der Waals surface area contributed by atoms with E-state index in [4.69, 9.17) is 4.98 Å². The Labute approximate surface area is 208 Å². The van der Waals surface area contributed by atoms with E-state index in [2.05, 4.69) is 54.5 Å². The average Bonchev–Trinajstić information content (AvgIpc) is 3.03. The maximum absolute atomic E-state index is 13.3. The van der Waals surface area contributed by atoms with Crippen LogP contribution in [0.25, 0.3) is 0 Å². The van der Waals surface area contributed by atoms with Crippen molar-refractivity contribution in [2.24, 2.45) is 5.92 Å². The fourth-order valence-electron chi connectivity index (χ4n) is 4.70. The zero-order chi connectivity index (χ0) is 24.0. The molecule has 0 radical (unpaired) electrons. The topological polar surface area (TPSA) is 104 Å². The summed E-state index contributed by atoms with van der Waals surface area (Å²) in [5, 5.41) is 3.01. The van der Waals surface area contributed by atoms with E-state index in [0.29, 0.717) is 24.1 Å². The van der Waals surface area contributed by atoms with Crippen molar-refractivity contribution in [3.63, 3.8) is 0 Å². The van der Waals surface area contributed by atoms with Crippen LogP contribution in [0.15, 0.2) is 35.4 Å². The number of nitrogens with zero attached hydrogens (tertiary/aromatic N) is 3. The van der Waals surface area contributed by atoms with Gasteiger partial charge in [0.25, 0.3) is 15.9 Å². The molecule has 0 aromatic carbocycles. The van der Waals surface area contributed by atoms with Crippen LogP contribution in [-0.4, -0.2) is 42.9 Å². The largest absolute Gasteiger partial charge is 0.370 e. The van der Waals surface area contributed by atoms with Gasteiger partial charge >= 0.3 is 0 Å². The Bertz CT molecular complexity index is 1180. The molecule has 34 heavy (non-hydrogen) atoms. The highest BCUT2D eigenvalue weighted by Gasteiger charge is 2.41. The van der Waals surface area contributed by atoms with E-state index >= 15 is 0 Å². The monoisotopic (exact) mass is 507 g/mol. The molecule has 8 nitrogen and oxygen atoms in total. The van der Waals surface area contributed by atoms with Gasteiger partial charge in [-0.2, -0.15) is 8.42 Å².